The quantitative estimate of drug-likeness (QED) is 0.0197. The molecule has 3 unspecified atom stereocenters. The average molecular weight is 1010 g/mol. The molecule has 3 atom stereocenters. The highest BCUT2D eigenvalue weighted by Gasteiger charge is 2.28. The topological polar surface area (TPSA) is 155 Å². The second-order valence-electron chi connectivity index (χ2n) is 19.1. The highest BCUT2D eigenvalue weighted by molar-refractivity contribution is 7.47. The minimum Gasteiger partial charge on any atom is -0.462 e. The first-order valence-electron chi connectivity index (χ1n) is 28.5. The van der Waals surface area contributed by atoms with E-state index in [1.807, 2.05) is 12.2 Å². The molecule has 0 bridgehead atoms. The van der Waals surface area contributed by atoms with Gasteiger partial charge in [-0.3, -0.25) is 23.4 Å². The van der Waals surface area contributed by atoms with Gasteiger partial charge in [0, 0.05) is 19.3 Å². The van der Waals surface area contributed by atoms with Crippen LogP contribution in [0.25, 0.3) is 0 Å². The Labute approximate surface area is 428 Å². The molecule has 0 rings (SSSR count). The zero-order valence-electron chi connectivity index (χ0n) is 45.0. The number of phosphoric ester groups is 1. The summed E-state index contributed by atoms with van der Waals surface area (Å²) in [6.07, 6.45) is 55.3. The molecule has 0 amide bonds. The Morgan fingerprint density at radius 1 is 0.414 bits per heavy atom. The molecule has 0 aliphatic rings. The van der Waals surface area contributed by atoms with Crippen molar-refractivity contribution in [3.63, 3.8) is 0 Å². The minimum absolute atomic E-state index is 0.108. The molecule has 12 heteroatoms. The van der Waals surface area contributed by atoms with Crippen LogP contribution in [0.1, 0.15) is 265 Å². The molecule has 0 aliphatic carbocycles. The summed E-state index contributed by atoms with van der Waals surface area (Å²) >= 11 is 0. The molecule has 0 fully saturated rings. The number of carbonyl (C=O) groups excluding carboxylic acids is 3. The predicted octanol–water partition coefficient (Wildman–Crippen LogP) is 16.6. The summed E-state index contributed by atoms with van der Waals surface area (Å²) in [4.78, 5) is 48.4. The van der Waals surface area contributed by atoms with Gasteiger partial charge in [0.15, 0.2) is 6.10 Å². The molecule has 2 N–H and O–H groups in total. The van der Waals surface area contributed by atoms with Gasteiger partial charge >= 0.3 is 25.7 Å². The summed E-state index contributed by atoms with van der Waals surface area (Å²) in [6, 6.07) is 0. The first-order valence-corrected chi connectivity index (χ1v) is 30.0. The first-order chi connectivity index (χ1) is 34.2. The molecule has 0 aromatic rings. The van der Waals surface area contributed by atoms with E-state index in [0.717, 1.165) is 64.2 Å². The second-order valence-corrected chi connectivity index (χ2v) is 20.5. The number of phosphoric acid groups is 1. The SMILES string of the molecule is CC/C=C\C/C=C\C/C=C\C/C=C\CCC(=O)OCC(COP(=O)(O)OCC(CO)OC(=O)CCCCCCCCCCCCC)OC(=O)CCCCCCCCCCCCCCCCCCCCC. The van der Waals surface area contributed by atoms with Crippen molar-refractivity contribution in [1.29, 1.82) is 0 Å². The third-order valence-electron chi connectivity index (χ3n) is 12.3. The zero-order valence-corrected chi connectivity index (χ0v) is 45.9. The molecule has 408 valence electrons. The first kappa shape index (κ1) is 67.4. The molecule has 0 aromatic carbocycles. The lowest BCUT2D eigenvalue weighted by Gasteiger charge is -2.21. The van der Waals surface area contributed by atoms with Crippen LogP contribution in [0.5, 0.6) is 0 Å². The van der Waals surface area contributed by atoms with Crippen LogP contribution in [-0.2, 0) is 42.2 Å². The van der Waals surface area contributed by atoms with E-state index < -0.39 is 57.8 Å². The Bertz CT molecular complexity index is 1360. The minimum atomic E-state index is -4.75. The van der Waals surface area contributed by atoms with Crippen LogP contribution >= 0.6 is 7.82 Å². The lowest BCUT2D eigenvalue weighted by Crippen LogP contribution is -2.30. The van der Waals surface area contributed by atoms with Crippen molar-refractivity contribution < 1.29 is 52.2 Å². The smallest absolute Gasteiger partial charge is 0.462 e. The summed E-state index contributed by atoms with van der Waals surface area (Å²) in [5.74, 6) is -1.55. The maximum atomic E-state index is 12.9. The highest BCUT2D eigenvalue weighted by Crippen LogP contribution is 2.43. The van der Waals surface area contributed by atoms with E-state index in [2.05, 4.69) is 57.2 Å². The van der Waals surface area contributed by atoms with Gasteiger partial charge in [0.25, 0.3) is 0 Å². The van der Waals surface area contributed by atoms with Crippen molar-refractivity contribution in [2.45, 2.75) is 277 Å². The van der Waals surface area contributed by atoms with Crippen LogP contribution in [0.15, 0.2) is 48.6 Å². The number of carbonyl (C=O) groups is 3. The average Bonchev–Trinajstić information content (AvgIpc) is 3.35. The molecule has 0 aliphatic heterocycles. The van der Waals surface area contributed by atoms with E-state index in [4.69, 9.17) is 23.3 Å². The Morgan fingerprint density at radius 2 is 0.743 bits per heavy atom. The predicted molar refractivity (Wildman–Crippen MR) is 289 cm³/mol. The van der Waals surface area contributed by atoms with E-state index in [1.54, 1.807) is 0 Å². The molecule has 0 spiro atoms. The van der Waals surface area contributed by atoms with Gasteiger partial charge in [-0.05, 0) is 44.9 Å². The molecular weight excluding hydrogens is 904 g/mol. The summed E-state index contributed by atoms with van der Waals surface area (Å²) in [7, 11) is -4.75. The Kier molecular flexibility index (Phi) is 50.8. The van der Waals surface area contributed by atoms with Crippen LogP contribution in [0.4, 0.5) is 0 Å². The number of hydrogen-bond donors (Lipinski definition) is 2. The summed E-state index contributed by atoms with van der Waals surface area (Å²) in [5, 5.41) is 9.78. The van der Waals surface area contributed by atoms with Gasteiger partial charge in [0.05, 0.1) is 19.8 Å². The third kappa shape index (κ3) is 50.4. The fourth-order valence-electron chi connectivity index (χ4n) is 7.96. The number of unbranched alkanes of at least 4 members (excludes halogenated alkanes) is 28. The summed E-state index contributed by atoms with van der Waals surface area (Å²) in [6.45, 7) is 4.47. The number of rotatable bonds is 53. The van der Waals surface area contributed by atoms with E-state index in [0.29, 0.717) is 19.3 Å². The number of hydrogen-bond acceptors (Lipinski definition) is 10. The number of allylic oxidation sites excluding steroid dienone is 8. The normalized spacial score (nSPS) is 13.7. The van der Waals surface area contributed by atoms with Crippen molar-refractivity contribution in [3.05, 3.63) is 48.6 Å². The standard InChI is InChI=1S/C58H105O11P/c1-4-7-10-13-16-19-22-24-25-26-27-28-29-31-34-37-40-43-46-49-58(62)69-55(51-65-56(60)47-44-41-38-35-33-30-23-20-17-14-11-8-5-2)53-67-70(63,64)66-52-54(50-59)68-57(61)48-45-42-39-36-32-21-18-15-12-9-6-3/h8,11,17,20,30,33,38,41,54-55,59H,4-7,9-10,12-16,18-19,21-29,31-32,34-37,39-40,42-53H2,1-3H3,(H,63,64)/b11-8-,20-17-,33-30-,41-38-. The largest absolute Gasteiger partial charge is 0.472 e. The Hall–Kier alpha value is -2.56. The van der Waals surface area contributed by atoms with Crippen LogP contribution in [0, 0.1) is 0 Å². The Balaban J connectivity index is 4.73. The molecular formula is C58H105O11P. The number of aliphatic hydroxyl groups is 1. The fraction of sp³-hybridized carbons (Fsp3) is 0.810. The molecule has 70 heavy (non-hydrogen) atoms. The lowest BCUT2D eigenvalue weighted by atomic mass is 10.0. The Morgan fingerprint density at radius 3 is 1.11 bits per heavy atom. The van der Waals surface area contributed by atoms with E-state index in [1.165, 1.54) is 141 Å². The van der Waals surface area contributed by atoms with Crippen LogP contribution < -0.4 is 0 Å². The third-order valence-corrected chi connectivity index (χ3v) is 13.2. The second kappa shape index (κ2) is 52.8. The monoisotopic (exact) mass is 1010 g/mol. The van der Waals surface area contributed by atoms with Crippen molar-refractivity contribution in [2.75, 3.05) is 26.4 Å². The summed E-state index contributed by atoms with van der Waals surface area (Å²) < 4.78 is 39.4. The van der Waals surface area contributed by atoms with Crippen molar-refractivity contribution in [3.8, 4) is 0 Å². The van der Waals surface area contributed by atoms with E-state index in [-0.39, 0.29) is 25.9 Å². The van der Waals surface area contributed by atoms with Gasteiger partial charge in [-0.1, -0.05) is 249 Å². The van der Waals surface area contributed by atoms with Crippen LogP contribution in [-0.4, -0.2) is 66.5 Å². The maximum Gasteiger partial charge on any atom is 0.472 e. The fourth-order valence-corrected chi connectivity index (χ4v) is 8.74. The maximum absolute atomic E-state index is 12.9. The van der Waals surface area contributed by atoms with Gasteiger partial charge in [0.1, 0.15) is 12.7 Å². The van der Waals surface area contributed by atoms with Crippen LogP contribution in [0.3, 0.4) is 0 Å². The van der Waals surface area contributed by atoms with Crippen molar-refractivity contribution in [1.82, 2.24) is 0 Å². The summed E-state index contributed by atoms with van der Waals surface area (Å²) in [5.41, 5.74) is 0. The molecule has 11 nitrogen and oxygen atoms in total. The highest BCUT2D eigenvalue weighted by atomic mass is 31.2. The molecule has 0 radical (unpaired) electrons. The number of esters is 3. The number of ether oxygens (including phenoxy) is 3. The van der Waals surface area contributed by atoms with Gasteiger partial charge < -0.3 is 24.2 Å². The van der Waals surface area contributed by atoms with Gasteiger partial charge in [0.2, 0.25) is 0 Å². The van der Waals surface area contributed by atoms with E-state index in [9.17, 15) is 28.9 Å². The van der Waals surface area contributed by atoms with Crippen molar-refractivity contribution >= 4 is 25.7 Å². The number of aliphatic hydroxyl groups excluding tert-OH is 1. The molecule has 0 saturated carbocycles. The van der Waals surface area contributed by atoms with Gasteiger partial charge in [-0.2, -0.15) is 0 Å². The van der Waals surface area contributed by atoms with E-state index >= 15 is 0 Å². The van der Waals surface area contributed by atoms with Crippen LogP contribution in [0.2, 0.25) is 0 Å². The molecule has 0 aromatic heterocycles. The zero-order chi connectivity index (χ0) is 51.3. The molecule has 0 heterocycles. The van der Waals surface area contributed by atoms with Crippen molar-refractivity contribution in [2.24, 2.45) is 0 Å². The lowest BCUT2D eigenvalue weighted by molar-refractivity contribution is -0.161. The van der Waals surface area contributed by atoms with Gasteiger partial charge in [-0.25, -0.2) is 4.57 Å². The van der Waals surface area contributed by atoms with Gasteiger partial charge in [-0.15, -0.1) is 0 Å². The molecule has 0 saturated heterocycles.